The van der Waals surface area contributed by atoms with Gasteiger partial charge in [0.2, 0.25) is 0 Å². The number of aromatic carboxylic acids is 1. The quantitative estimate of drug-likeness (QED) is 0.273. The molecular formula is C28H25NO4S. The summed E-state index contributed by atoms with van der Waals surface area (Å²) in [5, 5.41) is 9.19. The van der Waals surface area contributed by atoms with Crippen LogP contribution in [0.4, 0.5) is 11.4 Å². The number of carboxylic acid groups (broad SMARTS) is 1. The van der Waals surface area contributed by atoms with Gasteiger partial charge in [-0.3, -0.25) is 4.55 Å². The highest BCUT2D eigenvalue weighted by atomic mass is 32.2. The molecule has 2 N–H and O–H groups in total. The lowest BCUT2D eigenvalue weighted by Crippen LogP contribution is -2.20. The summed E-state index contributed by atoms with van der Waals surface area (Å²) in [5.41, 5.74) is 5.60. The fourth-order valence-corrected chi connectivity index (χ4v) is 4.64. The molecule has 34 heavy (non-hydrogen) atoms. The van der Waals surface area contributed by atoms with Crippen molar-refractivity contribution in [1.29, 1.82) is 0 Å². The smallest absolute Gasteiger partial charge is 0.335 e. The number of anilines is 2. The summed E-state index contributed by atoms with van der Waals surface area (Å²) in [5.74, 6) is -0.938. The van der Waals surface area contributed by atoms with Crippen LogP contribution < -0.4 is 4.31 Å². The summed E-state index contributed by atoms with van der Waals surface area (Å²) in [4.78, 5) is 11.2. The predicted molar refractivity (Wildman–Crippen MR) is 137 cm³/mol. The highest BCUT2D eigenvalue weighted by Crippen LogP contribution is 2.32. The van der Waals surface area contributed by atoms with Gasteiger partial charge in [0.15, 0.2) is 0 Å². The van der Waals surface area contributed by atoms with Gasteiger partial charge in [-0.25, -0.2) is 13.3 Å². The Morgan fingerprint density at radius 2 is 1.44 bits per heavy atom. The molecule has 0 aliphatic heterocycles. The maximum absolute atomic E-state index is 12.4. The molecule has 172 valence electrons. The molecule has 0 radical (unpaired) electrons. The van der Waals surface area contributed by atoms with Crippen LogP contribution in [0.5, 0.6) is 0 Å². The summed E-state index contributed by atoms with van der Waals surface area (Å²) >= 11 is -2.25. The number of para-hydroxylation sites is 1. The zero-order chi connectivity index (χ0) is 23.9. The zero-order valence-electron chi connectivity index (χ0n) is 18.5. The van der Waals surface area contributed by atoms with E-state index in [2.05, 4.69) is 0 Å². The Balaban J connectivity index is 1.54. The molecular weight excluding hydrogens is 446 g/mol. The molecule has 4 aromatic rings. The van der Waals surface area contributed by atoms with Crippen LogP contribution in [-0.2, 0) is 24.1 Å². The number of carbonyl (C=O) groups is 1. The van der Waals surface area contributed by atoms with Gasteiger partial charge < -0.3 is 5.11 Å². The highest BCUT2D eigenvalue weighted by Gasteiger charge is 2.18. The lowest BCUT2D eigenvalue weighted by atomic mass is 10.0. The number of rotatable bonds is 9. The third-order valence-electron chi connectivity index (χ3n) is 5.66. The van der Waals surface area contributed by atoms with Gasteiger partial charge in [0.25, 0.3) is 11.3 Å². The van der Waals surface area contributed by atoms with E-state index in [9.17, 15) is 18.7 Å². The van der Waals surface area contributed by atoms with Crippen LogP contribution in [0.3, 0.4) is 0 Å². The van der Waals surface area contributed by atoms with E-state index in [0.29, 0.717) is 24.2 Å². The lowest BCUT2D eigenvalue weighted by molar-refractivity contribution is 0.0696. The first-order valence-electron chi connectivity index (χ1n) is 11.0. The number of nitrogens with zero attached hydrogens (tertiary/aromatic N) is 1. The number of hydrogen-bond acceptors (Lipinski definition) is 2. The first-order valence-corrected chi connectivity index (χ1v) is 12.1. The van der Waals surface area contributed by atoms with Crippen molar-refractivity contribution in [2.24, 2.45) is 0 Å². The molecule has 1 unspecified atom stereocenters. The Morgan fingerprint density at radius 1 is 0.765 bits per heavy atom. The fraction of sp³-hybridized carbons (Fsp3) is 0.107. The molecule has 0 aromatic heterocycles. The van der Waals surface area contributed by atoms with Crippen LogP contribution in [0.1, 0.15) is 27.9 Å². The van der Waals surface area contributed by atoms with E-state index >= 15 is 0 Å². The molecule has 4 aromatic carbocycles. The van der Waals surface area contributed by atoms with Gasteiger partial charge in [-0.1, -0.05) is 72.8 Å². The maximum Gasteiger partial charge on any atom is 0.335 e. The largest absolute Gasteiger partial charge is 0.478 e. The van der Waals surface area contributed by atoms with Crippen molar-refractivity contribution in [3.8, 4) is 11.1 Å². The minimum Gasteiger partial charge on any atom is -0.478 e. The monoisotopic (exact) mass is 471 g/mol. The van der Waals surface area contributed by atoms with Gasteiger partial charge >= 0.3 is 5.97 Å². The van der Waals surface area contributed by atoms with Gasteiger partial charge in [-0.15, -0.1) is 0 Å². The van der Waals surface area contributed by atoms with Crippen molar-refractivity contribution in [2.75, 3.05) is 4.31 Å². The summed E-state index contributed by atoms with van der Waals surface area (Å²) < 4.78 is 24.0. The molecule has 0 fully saturated rings. The third-order valence-corrected chi connectivity index (χ3v) is 6.38. The molecule has 6 heteroatoms. The molecule has 1 atom stereocenters. The Bertz CT molecular complexity index is 1290. The standard InChI is InChI=1S/C28H25NO4S/c30-28(31)25-14-7-9-21(20-25)8-6-13-24-12-4-5-15-27(24)29(34(32)33)26-18-16-23(17-19-26)22-10-2-1-3-11-22/h1-5,7,9-12,14-20H,6,8,13H2,(H,30,31)(H,32,33). The van der Waals surface area contributed by atoms with Gasteiger partial charge in [-0.05, 0) is 71.8 Å². The molecule has 0 bridgehead atoms. The van der Waals surface area contributed by atoms with E-state index in [0.717, 1.165) is 28.7 Å². The Hall–Kier alpha value is -3.74. The molecule has 0 aliphatic rings. The number of hydrogen-bond donors (Lipinski definition) is 2. The van der Waals surface area contributed by atoms with E-state index in [1.54, 1.807) is 18.2 Å². The van der Waals surface area contributed by atoms with Gasteiger partial charge in [0.1, 0.15) is 0 Å². The highest BCUT2D eigenvalue weighted by molar-refractivity contribution is 7.81. The number of benzene rings is 4. The van der Waals surface area contributed by atoms with E-state index in [-0.39, 0.29) is 5.56 Å². The number of carboxylic acids is 1. The minimum atomic E-state index is -2.25. The zero-order valence-corrected chi connectivity index (χ0v) is 19.3. The molecule has 0 saturated carbocycles. The van der Waals surface area contributed by atoms with Crippen LogP contribution >= 0.6 is 0 Å². The van der Waals surface area contributed by atoms with Gasteiger partial charge in [0.05, 0.1) is 16.9 Å². The third kappa shape index (κ3) is 5.60. The van der Waals surface area contributed by atoms with Crippen molar-refractivity contribution in [3.05, 3.63) is 120 Å². The normalized spacial score (nSPS) is 11.7. The molecule has 5 nitrogen and oxygen atoms in total. The summed E-state index contributed by atoms with van der Waals surface area (Å²) in [7, 11) is 0. The van der Waals surface area contributed by atoms with Crippen molar-refractivity contribution in [3.63, 3.8) is 0 Å². The van der Waals surface area contributed by atoms with E-state index in [4.69, 9.17) is 0 Å². The molecule has 0 aliphatic carbocycles. The second kappa shape index (κ2) is 10.9. The molecule has 0 saturated heterocycles. The molecule has 0 heterocycles. The summed E-state index contributed by atoms with van der Waals surface area (Å²) in [6.45, 7) is 0. The number of aryl methyl sites for hydroxylation is 2. The second-order valence-corrected chi connectivity index (χ2v) is 8.75. The van der Waals surface area contributed by atoms with Crippen molar-refractivity contribution < 1.29 is 18.7 Å². The summed E-state index contributed by atoms with van der Waals surface area (Å²) in [6, 6.07) is 32.1. The average molecular weight is 472 g/mol. The molecule has 4 rings (SSSR count). The van der Waals surface area contributed by atoms with E-state index in [1.807, 2.05) is 84.9 Å². The van der Waals surface area contributed by atoms with Gasteiger partial charge in [0, 0.05) is 0 Å². The van der Waals surface area contributed by atoms with E-state index in [1.165, 1.54) is 4.31 Å². The predicted octanol–water partition coefficient (Wildman–Crippen LogP) is 6.50. The minimum absolute atomic E-state index is 0.277. The lowest BCUT2D eigenvalue weighted by Gasteiger charge is -2.23. The van der Waals surface area contributed by atoms with Crippen molar-refractivity contribution >= 4 is 28.6 Å². The van der Waals surface area contributed by atoms with Crippen LogP contribution in [0.25, 0.3) is 11.1 Å². The van der Waals surface area contributed by atoms with Crippen molar-refractivity contribution in [2.45, 2.75) is 19.3 Å². The maximum atomic E-state index is 12.4. The van der Waals surface area contributed by atoms with Crippen LogP contribution in [0.15, 0.2) is 103 Å². The topological polar surface area (TPSA) is 77.8 Å². The first-order chi connectivity index (χ1) is 16.5. The Morgan fingerprint density at radius 3 is 2.15 bits per heavy atom. The van der Waals surface area contributed by atoms with Gasteiger partial charge in [-0.2, -0.15) is 0 Å². The van der Waals surface area contributed by atoms with Crippen LogP contribution in [-0.4, -0.2) is 19.8 Å². The fourth-order valence-electron chi connectivity index (χ4n) is 4.00. The average Bonchev–Trinajstić information content (AvgIpc) is 2.86. The SMILES string of the molecule is O=C(O)c1cccc(CCCc2ccccc2N(c2ccc(-c3ccccc3)cc2)S(=O)O)c1. The van der Waals surface area contributed by atoms with E-state index < -0.39 is 17.2 Å². The Kier molecular flexibility index (Phi) is 7.52. The van der Waals surface area contributed by atoms with Crippen LogP contribution in [0, 0.1) is 0 Å². The second-order valence-electron chi connectivity index (χ2n) is 7.93. The van der Waals surface area contributed by atoms with Crippen molar-refractivity contribution in [1.82, 2.24) is 0 Å². The first kappa shape index (κ1) is 23.4. The van der Waals surface area contributed by atoms with Crippen LogP contribution in [0.2, 0.25) is 0 Å². The molecule has 0 spiro atoms. The summed E-state index contributed by atoms with van der Waals surface area (Å²) in [6.07, 6.45) is 2.17. The Labute approximate surface area is 201 Å². The molecule has 0 amide bonds.